The Labute approximate surface area is 214 Å². The van der Waals surface area contributed by atoms with Gasteiger partial charge < -0.3 is 24.9 Å². The zero-order valence-electron chi connectivity index (χ0n) is 20.7. The Bertz CT molecular complexity index is 1280. The standard InChI is InChI=1S/C25H29ClN6O4/c1-31(2)17-8-5-14(6-9-17)23(33)30-21-20-18(11-15(12-28-20)25(35)32(3)4)36-22(21)24(34)29-19-10-7-16(26)13-27-19/h7,10-14,17H,5-6,8-9H2,1-4H3,(H,30,33)(H,27,29,34)/t14-,17-. The normalized spacial score (nSPS) is 17.7. The van der Waals surface area contributed by atoms with Crippen LogP contribution in [-0.4, -0.2) is 71.7 Å². The van der Waals surface area contributed by atoms with Crippen LogP contribution < -0.4 is 10.6 Å². The molecule has 0 radical (unpaired) electrons. The number of hydrogen-bond acceptors (Lipinski definition) is 7. The third-order valence-electron chi connectivity index (χ3n) is 6.40. The third kappa shape index (κ3) is 5.50. The summed E-state index contributed by atoms with van der Waals surface area (Å²) < 4.78 is 5.84. The van der Waals surface area contributed by atoms with E-state index in [4.69, 9.17) is 16.0 Å². The third-order valence-corrected chi connectivity index (χ3v) is 6.63. The fourth-order valence-electron chi connectivity index (χ4n) is 4.33. The molecule has 36 heavy (non-hydrogen) atoms. The fraction of sp³-hybridized carbons (Fsp3) is 0.400. The number of rotatable bonds is 6. The van der Waals surface area contributed by atoms with Gasteiger partial charge in [-0.2, -0.15) is 0 Å². The summed E-state index contributed by atoms with van der Waals surface area (Å²) in [4.78, 5) is 50.8. The number of hydrogen-bond donors (Lipinski definition) is 2. The van der Waals surface area contributed by atoms with Crippen LogP contribution >= 0.6 is 11.6 Å². The highest BCUT2D eigenvalue weighted by Crippen LogP contribution is 2.33. The van der Waals surface area contributed by atoms with E-state index in [1.54, 1.807) is 26.2 Å². The van der Waals surface area contributed by atoms with Gasteiger partial charge in [0.15, 0.2) is 5.58 Å². The first-order valence-electron chi connectivity index (χ1n) is 11.7. The number of halogens is 1. The van der Waals surface area contributed by atoms with E-state index in [0.717, 1.165) is 25.7 Å². The molecule has 0 aliphatic heterocycles. The van der Waals surface area contributed by atoms with Gasteiger partial charge in [-0.1, -0.05) is 11.6 Å². The molecule has 11 heteroatoms. The van der Waals surface area contributed by atoms with E-state index in [1.165, 1.54) is 23.4 Å². The lowest BCUT2D eigenvalue weighted by Crippen LogP contribution is -2.35. The summed E-state index contributed by atoms with van der Waals surface area (Å²) in [5.41, 5.74) is 0.964. The minimum absolute atomic E-state index is 0.126. The molecule has 3 aromatic heterocycles. The van der Waals surface area contributed by atoms with Crippen LogP contribution in [0.5, 0.6) is 0 Å². The van der Waals surface area contributed by atoms with Crippen molar-refractivity contribution in [3.63, 3.8) is 0 Å². The van der Waals surface area contributed by atoms with E-state index in [1.807, 2.05) is 14.1 Å². The molecule has 4 rings (SSSR count). The zero-order chi connectivity index (χ0) is 26.0. The molecule has 1 aliphatic carbocycles. The van der Waals surface area contributed by atoms with E-state index >= 15 is 0 Å². The van der Waals surface area contributed by atoms with Gasteiger partial charge in [-0.25, -0.2) is 9.97 Å². The number of pyridine rings is 2. The number of aromatic nitrogens is 2. The van der Waals surface area contributed by atoms with Crippen molar-refractivity contribution in [3.05, 3.63) is 46.9 Å². The molecule has 3 aromatic rings. The second-order valence-electron chi connectivity index (χ2n) is 9.35. The van der Waals surface area contributed by atoms with Gasteiger partial charge in [0, 0.05) is 38.4 Å². The second kappa shape index (κ2) is 10.6. The lowest BCUT2D eigenvalue weighted by atomic mass is 9.85. The molecule has 3 amide bonds. The van der Waals surface area contributed by atoms with Crippen molar-refractivity contribution in [1.82, 2.24) is 19.8 Å². The largest absolute Gasteiger partial charge is 0.447 e. The number of nitrogens with one attached hydrogen (secondary N) is 2. The highest BCUT2D eigenvalue weighted by molar-refractivity contribution is 6.30. The molecule has 1 saturated carbocycles. The van der Waals surface area contributed by atoms with Gasteiger partial charge >= 0.3 is 0 Å². The van der Waals surface area contributed by atoms with Gasteiger partial charge in [-0.15, -0.1) is 0 Å². The maximum absolute atomic E-state index is 13.2. The summed E-state index contributed by atoms with van der Waals surface area (Å²) in [7, 11) is 7.35. The number of anilines is 2. The first-order chi connectivity index (χ1) is 17.1. The summed E-state index contributed by atoms with van der Waals surface area (Å²) in [5.74, 6) is -1.12. The monoisotopic (exact) mass is 512 g/mol. The Kier molecular flexibility index (Phi) is 7.56. The lowest BCUT2D eigenvalue weighted by molar-refractivity contribution is -0.121. The van der Waals surface area contributed by atoms with Crippen LogP contribution in [0.15, 0.2) is 35.0 Å². The van der Waals surface area contributed by atoms with Crippen LogP contribution in [0.25, 0.3) is 11.1 Å². The molecule has 1 aliphatic rings. The molecule has 0 unspecified atom stereocenters. The molecule has 1 fully saturated rings. The number of carbonyl (C=O) groups is 3. The Balaban J connectivity index is 1.65. The average Bonchev–Trinajstić information content (AvgIpc) is 3.22. The van der Waals surface area contributed by atoms with Crippen molar-refractivity contribution >= 4 is 51.9 Å². The van der Waals surface area contributed by atoms with E-state index in [0.29, 0.717) is 16.6 Å². The summed E-state index contributed by atoms with van der Waals surface area (Å²) in [6.07, 6.45) is 6.14. The summed E-state index contributed by atoms with van der Waals surface area (Å²) in [6.45, 7) is 0. The Morgan fingerprint density at radius 1 is 1.00 bits per heavy atom. The van der Waals surface area contributed by atoms with Gasteiger partial charge in [0.25, 0.3) is 11.8 Å². The number of carbonyl (C=O) groups excluding carboxylic acids is 3. The van der Waals surface area contributed by atoms with Crippen LogP contribution in [0.2, 0.25) is 5.02 Å². The molecular formula is C25H29ClN6O4. The highest BCUT2D eigenvalue weighted by Gasteiger charge is 2.30. The molecule has 0 atom stereocenters. The Morgan fingerprint density at radius 3 is 2.33 bits per heavy atom. The minimum atomic E-state index is -0.616. The van der Waals surface area contributed by atoms with Gasteiger partial charge in [0.1, 0.15) is 17.0 Å². The number of furan rings is 1. The summed E-state index contributed by atoms with van der Waals surface area (Å²) in [5, 5.41) is 5.97. The van der Waals surface area contributed by atoms with Crippen LogP contribution in [-0.2, 0) is 4.79 Å². The van der Waals surface area contributed by atoms with Crippen molar-refractivity contribution in [2.24, 2.45) is 5.92 Å². The maximum atomic E-state index is 13.2. The molecule has 3 heterocycles. The van der Waals surface area contributed by atoms with Gasteiger partial charge in [-0.3, -0.25) is 14.4 Å². The van der Waals surface area contributed by atoms with Gasteiger partial charge in [0.2, 0.25) is 11.7 Å². The molecule has 0 bridgehead atoms. The molecule has 190 valence electrons. The summed E-state index contributed by atoms with van der Waals surface area (Å²) >= 11 is 5.88. The molecule has 0 aromatic carbocycles. The SMILES string of the molecule is CN(C)C(=O)c1cnc2c(NC(=O)[C@H]3CC[C@H](N(C)C)CC3)c(C(=O)Nc3ccc(Cl)cn3)oc2c1. The van der Waals surface area contributed by atoms with E-state index in [2.05, 4.69) is 25.5 Å². The average molecular weight is 513 g/mol. The smallest absolute Gasteiger partial charge is 0.294 e. The number of amides is 3. The van der Waals surface area contributed by atoms with Gasteiger partial charge in [-0.05, 0) is 58.0 Å². The maximum Gasteiger partial charge on any atom is 0.294 e. The topological polar surface area (TPSA) is 121 Å². The van der Waals surface area contributed by atoms with Gasteiger partial charge in [0.05, 0.1) is 10.6 Å². The highest BCUT2D eigenvalue weighted by atomic mass is 35.5. The fourth-order valence-corrected chi connectivity index (χ4v) is 4.44. The molecular weight excluding hydrogens is 484 g/mol. The van der Waals surface area contributed by atoms with E-state index in [-0.39, 0.29) is 46.1 Å². The van der Waals surface area contributed by atoms with Crippen molar-refractivity contribution in [2.75, 3.05) is 38.8 Å². The lowest BCUT2D eigenvalue weighted by Gasteiger charge is -2.31. The molecule has 0 saturated heterocycles. The molecule has 2 N–H and O–H groups in total. The number of fused-ring (bicyclic) bond motifs is 1. The first-order valence-corrected chi connectivity index (χ1v) is 12.1. The van der Waals surface area contributed by atoms with Crippen LogP contribution in [0.3, 0.4) is 0 Å². The van der Waals surface area contributed by atoms with Crippen molar-refractivity contribution < 1.29 is 18.8 Å². The van der Waals surface area contributed by atoms with Crippen molar-refractivity contribution in [2.45, 2.75) is 31.7 Å². The van der Waals surface area contributed by atoms with Crippen LogP contribution in [0.1, 0.15) is 46.6 Å². The number of nitrogens with zero attached hydrogens (tertiary/aromatic N) is 4. The predicted octanol–water partition coefficient (Wildman–Crippen LogP) is 3.89. The van der Waals surface area contributed by atoms with Crippen molar-refractivity contribution in [1.29, 1.82) is 0 Å². The quantitative estimate of drug-likeness (QED) is 0.514. The minimum Gasteiger partial charge on any atom is -0.447 e. The Hall–Kier alpha value is -3.50. The second-order valence-corrected chi connectivity index (χ2v) is 9.79. The Morgan fingerprint density at radius 2 is 1.72 bits per heavy atom. The molecule has 0 spiro atoms. The van der Waals surface area contributed by atoms with Crippen LogP contribution in [0.4, 0.5) is 11.5 Å². The zero-order valence-corrected chi connectivity index (χ0v) is 21.4. The molecule has 10 nitrogen and oxygen atoms in total. The van der Waals surface area contributed by atoms with Crippen LogP contribution in [0, 0.1) is 5.92 Å². The van der Waals surface area contributed by atoms with Crippen molar-refractivity contribution in [3.8, 4) is 0 Å². The predicted molar refractivity (Wildman–Crippen MR) is 137 cm³/mol. The first kappa shape index (κ1) is 25.6. The summed E-state index contributed by atoms with van der Waals surface area (Å²) in [6, 6.07) is 5.11. The van der Waals surface area contributed by atoms with E-state index < -0.39 is 5.91 Å². The van der Waals surface area contributed by atoms with E-state index in [9.17, 15) is 14.4 Å².